The molecule has 0 aromatic carbocycles. The third-order valence-electron chi connectivity index (χ3n) is 3.53. The van der Waals surface area contributed by atoms with Gasteiger partial charge in [0, 0.05) is 25.3 Å². The summed E-state index contributed by atoms with van der Waals surface area (Å²) in [6.45, 7) is 3.14. The number of nitrogens with one attached hydrogen (secondary N) is 1. The molecule has 0 spiro atoms. The monoisotopic (exact) mass is 315 g/mol. The second-order valence-corrected chi connectivity index (χ2v) is 7.02. The highest BCUT2D eigenvalue weighted by Gasteiger charge is 2.34. The third-order valence-corrected chi connectivity index (χ3v) is 5.46. The van der Waals surface area contributed by atoms with Crippen molar-refractivity contribution in [1.29, 1.82) is 0 Å². The molecule has 1 fully saturated rings. The number of piperazine rings is 1. The van der Waals surface area contributed by atoms with Gasteiger partial charge in [0.2, 0.25) is 15.9 Å². The van der Waals surface area contributed by atoms with E-state index in [2.05, 4.69) is 5.32 Å². The van der Waals surface area contributed by atoms with Gasteiger partial charge in [0.25, 0.3) is 0 Å². The summed E-state index contributed by atoms with van der Waals surface area (Å²) in [5.41, 5.74) is 0.214. The minimum atomic E-state index is -3.91. The van der Waals surface area contributed by atoms with Crippen LogP contribution in [0.5, 0.6) is 0 Å². The Morgan fingerprint density at radius 1 is 1.48 bits per heavy atom. The van der Waals surface area contributed by atoms with Gasteiger partial charge in [-0.2, -0.15) is 4.31 Å². The number of amides is 1. The Morgan fingerprint density at radius 3 is 2.57 bits per heavy atom. The summed E-state index contributed by atoms with van der Waals surface area (Å²) < 4.78 is 27.6. The predicted molar refractivity (Wildman–Crippen MR) is 73.5 cm³/mol. The van der Waals surface area contributed by atoms with Crippen molar-refractivity contribution in [2.75, 3.05) is 13.1 Å². The lowest BCUT2D eigenvalue weighted by Gasteiger charge is -2.30. The maximum atomic E-state index is 12.6. The molecule has 1 aliphatic rings. The van der Waals surface area contributed by atoms with E-state index >= 15 is 0 Å². The molecule has 2 heterocycles. The Hall–Kier alpha value is -1.87. The van der Waals surface area contributed by atoms with Gasteiger partial charge in [-0.15, -0.1) is 0 Å². The number of rotatable bonds is 3. The summed E-state index contributed by atoms with van der Waals surface area (Å²) in [4.78, 5) is 22.5. The van der Waals surface area contributed by atoms with Crippen LogP contribution in [-0.2, 0) is 21.9 Å². The van der Waals surface area contributed by atoms with E-state index < -0.39 is 16.0 Å². The van der Waals surface area contributed by atoms with Gasteiger partial charge in [-0.05, 0) is 19.9 Å². The Balaban J connectivity index is 2.47. The van der Waals surface area contributed by atoms with Crippen molar-refractivity contribution < 1.29 is 23.1 Å². The Bertz CT molecular complexity index is 707. The highest BCUT2D eigenvalue weighted by atomic mass is 32.2. The molecule has 1 aliphatic heterocycles. The van der Waals surface area contributed by atoms with Crippen LogP contribution in [0.2, 0.25) is 0 Å². The first-order valence-electron chi connectivity index (χ1n) is 6.33. The average molecular weight is 315 g/mol. The highest BCUT2D eigenvalue weighted by Crippen LogP contribution is 2.24. The van der Waals surface area contributed by atoms with Gasteiger partial charge >= 0.3 is 5.97 Å². The maximum absolute atomic E-state index is 12.6. The fraction of sp³-hybridized carbons (Fsp3) is 0.500. The van der Waals surface area contributed by atoms with Crippen LogP contribution < -0.4 is 5.32 Å². The van der Waals surface area contributed by atoms with Gasteiger partial charge < -0.3 is 15.0 Å². The van der Waals surface area contributed by atoms with E-state index in [4.69, 9.17) is 5.11 Å². The lowest BCUT2D eigenvalue weighted by molar-refractivity contribution is -0.123. The van der Waals surface area contributed by atoms with Crippen molar-refractivity contribution in [1.82, 2.24) is 14.2 Å². The van der Waals surface area contributed by atoms with Crippen LogP contribution in [0.15, 0.2) is 11.0 Å². The van der Waals surface area contributed by atoms with E-state index in [-0.39, 0.29) is 35.6 Å². The summed E-state index contributed by atoms with van der Waals surface area (Å²) >= 11 is 0. The molecule has 2 N–H and O–H groups in total. The fourth-order valence-corrected chi connectivity index (χ4v) is 4.11. The number of nitrogens with zero attached hydrogens (tertiary/aromatic N) is 2. The van der Waals surface area contributed by atoms with E-state index in [1.54, 1.807) is 6.92 Å². The molecule has 0 aliphatic carbocycles. The number of carboxylic acid groups (broad SMARTS) is 1. The van der Waals surface area contributed by atoms with Crippen molar-refractivity contribution in [2.45, 2.75) is 24.8 Å². The summed E-state index contributed by atoms with van der Waals surface area (Å²) in [5, 5.41) is 11.7. The molecule has 0 radical (unpaired) electrons. The van der Waals surface area contributed by atoms with Crippen molar-refractivity contribution in [3.63, 3.8) is 0 Å². The smallest absolute Gasteiger partial charge is 0.352 e. The van der Waals surface area contributed by atoms with Gasteiger partial charge in [-0.3, -0.25) is 4.79 Å². The molecule has 21 heavy (non-hydrogen) atoms. The lowest BCUT2D eigenvalue weighted by Crippen LogP contribution is -2.54. The largest absolute Gasteiger partial charge is 0.477 e. The number of carbonyl (C=O) groups is 2. The van der Waals surface area contributed by atoms with Crippen molar-refractivity contribution in [3.05, 3.63) is 17.5 Å². The minimum Gasteiger partial charge on any atom is -0.477 e. The van der Waals surface area contributed by atoms with Gasteiger partial charge in [-0.1, -0.05) is 0 Å². The van der Waals surface area contributed by atoms with Crippen LogP contribution in [0.1, 0.15) is 23.1 Å². The number of carboxylic acids is 1. The van der Waals surface area contributed by atoms with Crippen molar-refractivity contribution in [3.8, 4) is 0 Å². The Kier molecular flexibility index (Phi) is 3.81. The Labute approximate surface area is 122 Å². The summed E-state index contributed by atoms with van der Waals surface area (Å²) in [5.74, 6) is -1.57. The molecule has 1 saturated heterocycles. The standard InChI is InChI=1S/C12H17N3O5S/c1-7-5-15(6-11(16)13-7)21(19,20)10-4-9(12(17)18)14(3)8(10)2/h4,7H,5-6H2,1-3H3,(H,13,16)(H,17,18)/t7-/m0/s1. The Morgan fingerprint density at radius 2 is 2.10 bits per heavy atom. The summed E-state index contributed by atoms with van der Waals surface area (Å²) in [6, 6.07) is 0.841. The molecule has 8 nitrogen and oxygen atoms in total. The SMILES string of the molecule is Cc1c(S(=O)(=O)N2CC(=O)N[C@@H](C)C2)cc(C(=O)O)n1C. The van der Waals surface area contributed by atoms with E-state index in [0.717, 1.165) is 10.4 Å². The van der Waals surface area contributed by atoms with Gasteiger partial charge in [-0.25, -0.2) is 13.2 Å². The lowest BCUT2D eigenvalue weighted by atomic mass is 10.3. The second-order valence-electron chi connectivity index (χ2n) is 5.11. The molecule has 116 valence electrons. The first-order valence-corrected chi connectivity index (χ1v) is 7.77. The van der Waals surface area contributed by atoms with E-state index in [1.165, 1.54) is 18.5 Å². The van der Waals surface area contributed by atoms with E-state index in [0.29, 0.717) is 5.69 Å². The maximum Gasteiger partial charge on any atom is 0.352 e. The first kappa shape index (κ1) is 15.5. The number of carbonyl (C=O) groups excluding carboxylic acids is 1. The topological polar surface area (TPSA) is 109 Å². The zero-order valence-corrected chi connectivity index (χ0v) is 12.8. The summed E-state index contributed by atoms with van der Waals surface area (Å²) in [6.07, 6.45) is 0. The second kappa shape index (κ2) is 5.15. The molecule has 1 amide bonds. The first-order chi connectivity index (χ1) is 9.64. The molecule has 1 aromatic rings. The van der Waals surface area contributed by atoms with Crippen LogP contribution in [0.4, 0.5) is 0 Å². The number of sulfonamides is 1. The highest BCUT2D eigenvalue weighted by molar-refractivity contribution is 7.89. The van der Waals surface area contributed by atoms with Crippen LogP contribution in [-0.4, -0.2) is 53.4 Å². The minimum absolute atomic E-state index is 0.0794. The van der Waals surface area contributed by atoms with Crippen LogP contribution in [0.25, 0.3) is 0 Å². The van der Waals surface area contributed by atoms with Gasteiger partial charge in [0.05, 0.1) is 6.54 Å². The van der Waals surface area contributed by atoms with Crippen molar-refractivity contribution >= 4 is 21.9 Å². The summed E-state index contributed by atoms with van der Waals surface area (Å²) in [7, 11) is -2.42. The number of hydrogen-bond acceptors (Lipinski definition) is 4. The molecule has 1 atom stereocenters. The number of aromatic nitrogens is 1. The number of hydrogen-bond donors (Lipinski definition) is 2. The molecule has 1 aromatic heterocycles. The predicted octanol–water partition coefficient (Wildman–Crippen LogP) is -0.459. The zero-order chi connectivity index (χ0) is 15.9. The van der Waals surface area contributed by atoms with Gasteiger partial charge in [0.1, 0.15) is 10.6 Å². The quantitative estimate of drug-likeness (QED) is 0.784. The third kappa shape index (κ3) is 2.66. The normalized spacial score (nSPS) is 20.3. The molecule has 0 saturated carbocycles. The molecular weight excluding hydrogens is 298 g/mol. The molecule has 9 heteroatoms. The molecule has 0 unspecified atom stereocenters. The number of aromatic carboxylic acids is 1. The van der Waals surface area contributed by atoms with Crippen molar-refractivity contribution in [2.24, 2.45) is 7.05 Å². The van der Waals surface area contributed by atoms with E-state index in [1.807, 2.05) is 0 Å². The molecular formula is C12H17N3O5S. The zero-order valence-electron chi connectivity index (χ0n) is 12.0. The van der Waals surface area contributed by atoms with Crippen LogP contribution >= 0.6 is 0 Å². The molecule has 2 rings (SSSR count). The molecule has 0 bridgehead atoms. The average Bonchev–Trinajstić information content (AvgIpc) is 2.65. The van der Waals surface area contributed by atoms with E-state index in [9.17, 15) is 18.0 Å². The van der Waals surface area contributed by atoms with Crippen LogP contribution in [0, 0.1) is 6.92 Å². The fourth-order valence-electron chi connectivity index (χ4n) is 2.36. The van der Waals surface area contributed by atoms with Gasteiger partial charge in [0.15, 0.2) is 0 Å². The van der Waals surface area contributed by atoms with Crippen LogP contribution in [0.3, 0.4) is 0 Å².